The molecule has 0 bridgehead atoms. The molecule has 2 N–H and O–H groups in total. The molecule has 0 aliphatic carbocycles. The van der Waals surface area contributed by atoms with E-state index in [1.54, 1.807) is 19.1 Å². The predicted molar refractivity (Wildman–Crippen MR) is 78.2 cm³/mol. The molecule has 0 fully saturated rings. The minimum Gasteiger partial charge on any atom is -0.462 e. The number of rotatable bonds is 5. The SMILES string of the molecule is CCOC(=O)c1ccc(NCc2ccc[nH]2)c(Br)c1. The lowest BCUT2D eigenvalue weighted by molar-refractivity contribution is 0.0526. The second kappa shape index (κ2) is 6.43. The normalized spacial score (nSPS) is 10.2. The molecule has 0 aliphatic rings. The summed E-state index contributed by atoms with van der Waals surface area (Å²) in [5, 5.41) is 3.28. The molecule has 100 valence electrons. The van der Waals surface area contributed by atoms with Crippen LogP contribution in [-0.4, -0.2) is 17.6 Å². The molecule has 0 unspecified atom stereocenters. The third-order valence-electron chi connectivity index (χ3n) is 2.61. The van der Waals surface area contributed by atoms with Gasteiger partial charge in [0.1, 0.15) is 0 Å². The first-order valence-corrected chi connectivity index (χ1v) is 6.83. The summed E-state index contributed by atoms with van der Waals surface area (Å²) in [6.07, 6.45) is 1.88. The Hall–Kier alpha value is -1.75. The van der Waals surface area contributed by atoms with E-state index in [1.165, 1.54) is 0 Å². The highest BCUT2D eigenvalue weighted by molar-refractivity contribution is 9.10. The fourth-order valence-electron chi connectivity index (χ4n) is 1.67. The van der Waals surface area contributed by atoms with E-state index in [0.717, 1.165) is 15.9 Å². The Morgan fingerprint density at radius 2 is 2.26 bits per heavy atom. The van der Waals surface area contributed by atoms with Crippen LogP contribution in [0.25, 0.3) is 0 Å². The van der Waals surface area contributed by atoms with Crippen molar-refractivity contribution in [2.24, 2.45) is 0 Å². The lowest BCUT2D eigenvalue weighted by atomic mass is 10.2. The van der Waals surface area contributed by atoms with E-state index < -0.39 is 0 Å². The van der Waals surface area contributed by atoms with Crippen LogP contribution in [0.15, 0.2) is 41.0 Å². The molecule has 1 aromatic carbocycles. The van der Waals surface area contributed by atoms with Crippen molar-refractivity contribution >= 4 is 27.6 Å². The second-order valence-electron chi connectivity index (χ2n) is 3.96. The molecule has 0 saturated carbocycles. The van der Waals surface area contributed by atoms with Crippen molar-refractivity contribution in [3.63, 3.8) is 0 Å². The van der Waals surface area contributed by atoms with Gasteiger partial charge < -0.3 is 15.0 Å². The molecule has 0 radical (unpaired) electrons. The van der Waals surface area contributed by atoms with Gasteiger partial charge in [-0.3, -0.25) is 0 Å². The number of carbonyl (C=O) groups excluding carboxylic acids is 1. The highest BCUT2D eigenvalue weighted by atomic mass is 79.9. The van der Waals surface area contributed by atoms with E-state index in [1.807, 2.05) is 24.4 Å². The first-order chi connectivity index (χ1) is 9.20. The van der Waals surface area contributed by atoms with Crippen LogP contribution in [0, 0.1) is 0 Å². The number of carbonyl (C=O) groups is 1. The monoisotopic (exact) mass is 322 g/mol. The smallest absolute Gasteiger partial charge is 0.338 e. The van der Waals surface area contributed by atoms with Crippen molar-refractivity contribution in [3.8, 4) is 0 Å². The van der Waals surface area contributed by atoms with Crippen LogP contribution >= 0.6 is 15.9 Å². The van der Waals surface area contributed by atoms with Crippen LogP contribution in [0.4, 0.5) is 5.69 Å². The first-order valence-electron chi connectivity index (χ1n) is 6.03. The summed E-state index contributed by atoms with van der Waals surface area (Å²) in [5.74, 6) is -0.306. The maximum atomic E-state index is 11.6. The molecule has 0 saturated heterocycles. The summed E-state index contributed by atoms with van der Waals surface area (Å²) in [6, 6.07) is 9.33. The Bertz CT molecular complexity index is 553. The largest absolute Gasteiger partial charge is 0.462 e. The van der Waals surface area contributed by atoms with Gasteiger partial charge in [0.05, 0.1) is 18.7 Å². The lowest BCUT2D eigenvalue weighted by Crippen LogP contribution is -2.06. The van der Waals surface area contributed by atoms with E-state index in [9.17, 15) is 4.79 Å². The molecule has 1 heterocycles. The number of hydrogen-bond donors (Lipinski definition) is 2. The average molecular weight is 323 g/mol. The molecule has 1 aromatic heterocycles. The fraction of sp³-hybridized carbons (Fsp3) is 0.214. The number of aromatic amines is 1. The number of aromatic nitrogens is 1. The molecule has 2 rings (SSSR count). The number of esters is 1. The Morgan fingerprint density at radius 3 is 2.89 bits per heavy atom. The summed E-state index contributed by atoms with van der Waals surface area (Å²) in [6.45, 7) is 2.87. The summed E-state index contributed by atoms with van der Waals surface area (Å²) in [5.41, 5.74) is 2.57. The van der Waals surface area contributed by atoms with Crippen LogP contribution in [0.3, 0.4) is 0 Å². The third kappa shape index (κ3) is 3.61. The van der Waals surface area contributed by atoms with Crippen molar-refractivity contribution in [2.75, 3.05) is 11.9 Å². The highest BCUT2D eigenvalue weighted by Crippen LogP contribution is 2.24. The second-order valence-corrected chi connectivity index (χ2v) is 4.82. The van der Waals surface area contributed by atoms with Crippen molar-refractivity contribution in [1.29, 1.82) is 0 Å². The molecular formula is C14H15BrN2O2. The van der Waals surface area contributed by atoms with Crippen molar-refractivity contribution < 1.29 is 9.53 Å². The minimum absolute atomic E-state index is 0.306. The van der Waals surface area contributed by atoms with Gasteiger partial charge in [0.15, 0.2) is 0 Å². The van der Waals surface area contributed by atoms with E-state index in [-0.39, 0.29) is 5.97 Å². The average Bonchev–Trinajstić information content (AvgIpc) is 2.90. The number of nitrogens with one attached hydrogen (secondary N) is 2. The Morgan fingerprint density at radius 1 is 1.42 bits per heavy atom. The molecule has 19 heavy (non-hydrogen) atoms. The van der Waals surface area contributed by atoms with Crippen LogP contribution in [-0.2, 0) is 11.3 Å². The Kier molecular flexibility index (Phi) is 4.63. The standard InChI is InChI=1S/C14H15BrN2O2/c1-2-19-14(18)10-5-6-13(12(15)8-10)17-9-11-4-3-7-16-11/h3-8,16-17H,2,9H2,1H3. The summed E-state index contributed by atoms with van der Waals surface area (Å²) in [7, 11) is 0. The number of benzene rings is 1. The van der Waals surface area contributed by atoms with Gasteiger partial charge in [-0.25, -0.2) is 4.79 Å². The topological polar surface area (TPSA) is 54.1 Å². The highest BCUT2D eigenvalue weighted by Gasteiger charge is 2.09. The van der Waals surface area contributed by atoms with Gasteiger partial charge >= 0.3 is 5.97 Å². The van der Waals surface area contributed by atoms with Gasteiger partial charge in [-0.2, -0.15) is 0 Å². The van der Waals surface area contributed by atoms with Gasteiger partial charge in [0.2, 0.25) is 0 Å². The lowest BCUT2D eigenvalue weighted by Gasteiger charge is -2.09. The fourth-order valence-corrected chi connectivity index (χ4v) is 2.19. The first kappa shape index (κ1) is 13.7. The molecule has 0 atom stereocenters. The van der Waals surface area contributed by atoms with Crippen molar-refractivity contribution in [2.45, 2.75) is 13.5 Å². The Balaban J connectivity index is 2.04. The van der Waals surface area contributed by atoms with Crippen molar-refractivity contribution in [1.82, 2.24) is 4.98 Å². The number of ether oxygens (including phenoxy) is 1. The maximum Gasteiger partial charge on any atom is 0.338 e. The summed E-state index contributed by atoms with van der Waals surface area (Å²) in [4.78, 5) is 14.7. The van der Waals surface area contributed by atoms with Gasteiger partial charge in [0.25, 0.3) is 0 Å². The quantitative estimate of drug-likeness (QED) is 0.827. The van der Waals surface area contributed by atoms with Crippen LogP contribution in [0.5, 0.6) is 0 Å². The molecule has 0 spiro atoms. The summed E-state index contributed by atoms with van der Waals surface area (Å²) >= 11 is 3.45. The molecule has 0 aliphatic heterocycles. The maximum absolute atomic E-state index is 11.6. The van der Waals surface area contributed by atoms with E-state index >= 15 is 0 Å². The number of halogens is 1. The van der Waals surface area contributed by atoms with Gasteiger partial charge in [-0.05, 0) is 53.2 Å². The Labute approximate surface area is 120 Å². The predicted octanol–water partition coefficient (Wildman–Crippen LogP) is 3.57. The minimum atomic E-state index is -0.306. The molecule has 0 amide bonds. The zero-order chi connectivity index (χ0) is 13.7. The van der Waals surface area contributed by atoms with E-state index in [0.29, 0.717) is 18.7 Å². The van der Waals surface area contributed by atoms with Crippen LogP contribution in [0.2, 0.25) is 0 Å². The molecule has 2 aromatic rings. The number of H-pyrrole nitrogens is 1. The van der Waals surface area contributed by atoms with Crippen LogP contribution < -0.4 is 5.32 Å². The zero-order valence-corrected chi connectivity index (χ0v) is 12.2. The van der Waals surface area contributed by atoms with Crippen molar-refractivity contribution in [3.05, 3.63) is 52.3 Å². The van der Waals surface area contributed by atoms with E-state index in [2.05, 4.69) is 26.2 Å². The zero-order valence-electron chi connectivity index (χ0n) is 10.6. The summed E-state index contributed by atoms with van der Waals surface area (Å²) < 4.78 is 5.79. The molecule has 4 nitrogen and oxygen atoms in total. The third-order valence-corrected chi connectivity index (χ3v) is 3.27. The number of anilines is 1. The van der Waals surface area contributed by atoms with Gasteiger partial charge in [0, 0.05) is 22.1 Å². The van der Waals surface area contributed by atoms with Crippen LogP contribution in [0.1, 0.15) is 23.0 Å². The number of hydrogen-bond acceptors (Lipinski definition) is 3. The van der Waals surface area contributed by atoms with E-state index in [4.69, 9.17) is 4.74 Å². The molecule has 5 heteroatoms. The van der Waals surface area contributed by atoms with Gasteiger partial charge in [-0.15, -0.1) is 0 Å². The van der Waals surface area contributed by atoms with Gasteiger partial charge in [-0.1, -0.05) is 0 Å². The molecular weight excluding hydrogens is 308 g/mol.